The number of carbonyl (C=O) groups excluding carboxylic acids is 2. The molecule has 0 spiro atoms. The number of benzene rings is 2. The van der Waals surface area contributed by atoms with E-state index in [9.17, 15) is 14.4 Å². The van der Waals surface area contributed by atoms with Gasteiger partial charge in [-0.1, -0.05) is 27.7 Å². The van der Waals surface area contributed by atoms with Crippen LogP contribution in [0.3, 0.4) is 0 Å². The van der Waals surface area contributed by atoms with Gasteiger partial charge >= 0.3 is 5.97 Å². The van der Waals surface area contributed by atoms with Crippen LogP contribution in [0.4, 0.5) is 0 Å². The smallest absolute Gasteiger partial charge is 0.308 e. The number of methoxy groups -OCH3 is 1. The molecule has 0 fully saturated rings. The number of nitrogens with zero attached hydrogens (tertiary/aromatic N) is 3. The Morgan fingerprint density at radius 3 is 2.70 bits per heavy atom. The van der Waals surface area contributed by atoms with E-state index in [1.165, 1.54) is 36.9 Å². The second kappa shape index (κ2) is 12.4. The summed E-state index contributed by atoms with van der Waals surface area (Å²) in [7, 11) is 1.47. The molecule has 2 heterocycles. The highest BCUT2D eigenvalue weighted by Crippen LogP contribution is 2.35. The molecule has 0 bridgehead atoms. The first-order valence-corrected chi connectivity index (χ1v) is 15.1. The summed E-state index contributed by atoms with van der Waals surface area (Å²) in [6, 6.07) is 12.4. The second-order valence-electron chi connectivity index (χ2n) is 8.99. The van der Waals surface area contributed by atoms with Crippen LogP contribution < -0.4 is 20.5 Å². The Bertz CT molecular complexity index is 1680. The van der Waals surface area contributed by atoms with Crippen molar-refractivity contribution in [2.75, 3.05) is 12.9 Å². The molecule has 0 atom stereocenters. The van der Waals surface area contributed by atoms with Crippen LogP contribution in [-0.4, -0.2) is 40.5 Å². The van der Waals surface area contributed by atoms with Gasteiger partial charge in [-0.05, 0) is 79.3 Å². The SMILES string of the molecule is COc1cc(C=NNC(=O)CSc2nc3sc4c(c3c(=O)n2-c2ccc(Br)cc2)CCCC4)ccc1OC(C)=O. The molecule has 0 unspecified atom stereocenters. The van der Waals surface area contributed by atoms with Gasteiger partial charge in [0.1, 0.15) is 4.83 Å². The van der Waals surface area contributed by atoms with E-state index in [0.717, 1.165) is 40.5 Å². The standard InChI is InChI=1S/C28H25BrN4O5S2/c1-16(34)38-21-12-7-17(13-22(21)37-2)14-30-32-24(35)15-39-28-31-26-25(20-5-3-4-6-23(20)40-26)27(36)33(28)19-10-8-18(29)9-11-19/h7-14H,3-6,15H2,1-2H3,(H,32,35). The summed E-state index contributed by atoms with van der Waals surface area (Å²) in [5.41, 5.74) is 4.84. The van der Waals surface area contributed by atoms with Gasteiger partial charge in [0.15, 0.2) is 16.7 Å². The van der Waals surface area contributed by atoms with Crippen LogP contribution in [0.15, 0.2) is 62.0 Å². The van der Waals surface area contributed by atoms with Crippen LogP contribution in [0.1, 0.15) is 35.8 Å². The lowest BCUT2D eigenvalue weighted by molar-refractivity contribution is -0.132. The Hall–Kier alpha value is -3.48. The number of thioether (sulfide) groups is 1. The lowest BCUT2D eigenvalue weighted by Crippen LogP contribution is -2.24. The fourth-order valence-corrected chi connectivity index (χ4v) is 6.82. The molecule has 4 aromatic rings. The van der Waals surface area contributed by atoms with Crippen molar-refractivity contribution in [3.8, 4) is 17.2 Å². The number of carbonyl (C=O) groups is 2. The number of hydrazone groups is 1. The molecule has 2 aromatic heterocycles. The van der Waals surface area contributed by atoms with Crippen molar-refractivity contribution in [2.45, 2.75) is 37.8 Å². The van der Waals surface area contributed by atoms with Crippen molar-refractivity contribution in [1.82, 2.24) is 15.0 Å². The molecule has 12 heteroatoms. The molecule has 206 valence electrons. The molecule has 1 aliphatic rings. The van der Waals surface area contributed by atoms with E-state index in [1.807, 2.05) is 24.3 Å². The number of hydrogen-bond donors (Lipinski definition) is 1. The Kier molecular flexibility index (Phi) is 8.67. The largest absolute Gasteiger partial charge is 0.493 e. The van der Waals surface area contributed by atoms with Crippen molar-refractivity contribution in [2.24, 2.45) is 5.10 Å². The maximum atomic E-state index is 13.8. The van der Waals surface area contributed by atoms with E-state index >= 15 is 0 Å². The zero-order valence-corrected chi connectivity index (χ0v) is 25.0. The predicted molar refractivity (Wildman–Crippen MR) is 160 cm³/mol. The predicted octanol–water partition coefficient (Wildman–Crippen LogP) is 5.26. The molecular weight excluding hydrogens is 616 g/mol. The molecule has 0 saturated heterocycles. The number of nitrogens with one attached hydrogen (secondary N) is 1. The Balaban J connectivity index is 1.35. The average Bonchev–Trinajstić information content (AvgIpc) is 3.32. The Morgan fingerprint density at radius 2 is 1.95 bits per heavy atom. The van der Waals surface area contributed by atoms with Crippen molar-refractivity contribution < 1.29 is 19.1 Å². The van der Waals surface area contributed by atoms with E-state index in [0.29, 0.717) is 33.3 Å². The summed E-state index contributed by atoms with van der Waals surface area (Å²) < 4.78 is 12.8. The zero-order valence-electron chi connectivity index (χ0n) is 21.7. The number of halogens is 1. The molecule has 2 aromatic carbocycles. The third-order valence-corrected chi connectivity index (χ3v) is 8.87. The molecule has 9 nitrogen and oxygen atoms in total. The number of aromatic nitrogens is 2. The number of esters is 1. The topological polar surface area (TPSA) is 112 Å². The fourth-order valence-electron chi connectivity index (χ4n) is 4.45. The van der Waals surface area contributed by atoms with Gasteiger partial charge in [0.2, 0.25) is 0 Å². The highest BCUT2D eigenvalue weighted by molar-refractivity contribution is 9.10. The lowest BCUT2D eigenvalue weighted by Gasteiger charge is -2.13. The molecule has 40 heavy (non-hydrogen) atoms. The van der Waals surface area contributed by atoms with Crippen molar-refractivity contribution in [3.63, 3.8) is 0 Å². The summed E-state index contributed by atoms with van der Waals surface area (Å²) >= 11 is 6.21. The van der Waals surface area contributed by atoms with Gasteiger partial charge in [-0.2, -0.15) is 5.10 Å². The number of fused-ring (bicyclic) bond motifs is 3. The summed E-state index contributed by atoms with van der Waals surface area (Å²) in [4.78, 5) is 44.5. The minimum absolute atomic E-state index is 0.00557. The third kappa shape index (κ3) is 6.13. The monoisotopic (exact) mass is 640 g/mol. The number of rotatable bonds is 8. The number of thiophene rings is 1. The van der Waals surface area contributed by atoms with E-state index in [-0.39, 0.29) is 17.2 Å². The molecule has 0 radical (unpaired) electrons. The van der Waals surface area contributed by atoms with Gasteiger partial charge in [-0.25, -0.2) is 10.4 Å². The summed E-state index contributed by atoms with van der Waals surface area (Å²) in [6.45, 7) is 1.31. The Morgan fingerprint density at radius 1 is 1.18 bits per heavy atom. The number of ether oxygens (including phenoxy) is 2. The second-order valence-corrected chi connectivity index (χ2v) is 11.9. The van der Waals surface area contributed by atoms with E-state index in [1.54, 1.807) is 34.1 Å². The zero-order chi connectivity index (χ0) is 28.2. The van der Waals surface area contributed by atoms with Gasteiger partial charge in [0.25, 0.3) is 11.5 Å². The fraction of sp³-hybridized carbons (Fsp3) is 0.250. The van der Waals surface area contributed by atoms with Crippen molar-refractivity contribution in [1.29, 1.82) is 0 Å². The number of hydrogen-bond acceptors (Lipinski definition) is 9. The van der Waals surface area contributed by atoms with E-state index in [2.05, 4.69) is 26.5 Å². The normalized spacial score (nSPS) is 12.9. The molecule has 1 aliphatic carbocycles. The number of amides is 1. The van der Waals surface area contributed by atoms with Crippen LogP contribution in [0.2, 0.25) is 0 Å². The first-order chi connectivity index (χ1) is 19.3. The van der Waals surface area contributed by atoms with Crippen LogP contribution in [-0.2, 0) is 22.4 Å². The maximum Gasteiger partial charge on any atom is 0.308 e. The molecular formula is C28H25BrN4O5S2. The van der Waals surface area contributed by atoms with Gasteiger partial charge in [0.05, 0.1) is 30.2 Å². The van der Waals surface area contributed by atoms with Gasteiger partial charge in [-0.3, -0.25) is 19.0 Å². The molecule has 1 amide bonds. The highest BCUT2D eigenvalue weighted by Gasteiger charge is 2.23. The average molecular weight is 642 g/mol. The van der Waals surface area contributed by atoms with Gasteiger partial charge < -0.3 is 9.47 Å². The maximum absolute atomic E-state index is 13.8. The molecule has 1 N–H and O–H groups in total. The quantitative estimate of drug-likeness (QED) is 0.0698. The van der Waals surface area contributed by atoms with Crippen LogP contribution in [0, 0.1) is 0 Å². The minimum atomic E-state index is -0.456. The van der Waals surface area contributed by atoms with E-state index in [4.69, 9.17) is 14.5 Å². The van der Waals surface area contributed by atoms with Crippen LogP contribution in [0.25, 0.3) is 15.9 Å². The summed E-state index contributed by atoms with van der Waals surface area (Å²) in [5, 5.41) is 5.17. The van der Waals surface area contributed by atoms with Gasteiger partial charge in [0, 0.05) is 16.3 Å². The van der Waals surface area contributed by atoms with E-state index < -0.39 is 5.97 Å². The highest BCUT2D eigenvalue weighted by atomic mass is 79.9. The minimum Gasteiger partial charge on any atom is -0.493 e. The van der Waals surface area contributed by atoms with Crippen molar-refractivity contribution >= 4 is 67.3 Å². The van der Waals surface area contributed by atoms with Crippen LogP contribution in [0.5, 0.6) is 11.5 Å². The molecule has 0 aliphatic heterocycles. The van der Waals surface area contributed by atoms with Gasteiger partial charge in [-0.15, -0.1) is 11.3 Å². The third-order valence-electron chi connectivity index (χ3n) is 6.22. The van der Waals surface area contributed by atoms with Crippen LogP contribution >= 0.6 is 39.0 Å². The summed E-state index contributed by atoms with van der Waals surface area (Å²) in [6.07, 6.45) is 5.50. The van der Waals surface area contributed by atoms with Crippen molar-refractivity contribution in [3.05, 3.63) is 73.3 Å². The summed E-state index contributed by atoms with van der Waals surface area (Å²) in [5.74, 6) is -0.149. The Labute approximate surface area is 246 Å². The molecule has 5 rings (SSSR count). The molecule has 0 saturated carbocycles. The lowest BCUT2D eigenvalue weighted by atomic mass is 9.97. The first-order valence-electron chi connectivity index (χ1n) is 12.5. The first kappa shape index (κ1) is 28.1. The number of aryl methyl sites for hydroxylation is 2.